The molecule has 2 aromatic rings. The summed E-state index contributed by atoms with van der Waals surface area (Å²) in [6, 6.07) is 0. The molecule has 0 radical (unpaired) electrons. The number of aromatic amines is 4. The molecule has 0 aromatic carbocycles. The van der Waals surface area contributed by atoms with Crippen LogP contribution >= 0.6 is 23.5 Å². The minimum atomic E-state index is -0.669. The largest absolute Gasteiger partial charge is 0.342 e. The molecule has 0 aliphatic heterocycles. The van der Waals surface area contributed by atoms with Gasteiger partial charge in [-0.15, -0.1) is 0 Å². The highest BCUT2D eigenvalue weighted by Gasteiger charge is 2.05. The predicted octanol–water partition coefficient (Wildman–Crippen LogP) is -1.89. The minimum Gasteiger partial charge on any atom is -0.271 e. The molecule has 2 aromatic heterocycles. The van der Waals surface area contributed by atoms with Crippen LogP contribution in [-0.2, 0) is 0 Å². The van der Waals surface area contributed by atoms with Gasteiger partial charge in [-0.25, -0.2) is 19.8 Å². The fourth-order valence-corrected chi connectivity index (χ4v) is 2.78. The Morgan fingerprint density at radius 2 is 1.15 bits per heavy atom. The molecular formula is C8H8N6O4S2. The topological polar surface area (TPSA) is 157 Å². The van der Waals surface area contributed by atoms with Crippen molar-refractivity contribution in [2.45, 2.75) is 10.1 Å². The van der Waals surface area contributed by atoms with E-state index in [1.807, 2.05) is 9.97 Å². The summed E-state index contributed by atoms with van der Waals surface area (Å²) in [5.74, 6) is 0.931. The van der Waals surface area contributed by atoms with Crippen LogP contribution < -0.4 is 22.5 Å². The van der Waals surface area contributed by atoms with Crippen molar-refractivity contribution < 1.29 is 0 Å². The maximum atomic E-state index is 11.3. The van der Waals surface area contributed by atoms with Crippen molar-refractivity contribution >= 4 is 23.5 Å². The summed E-state index contributed by atoms with van der Waals surface area (Å²) in [4.78, 5) is 48.3. The van der Waals surface area contributed by atoms with E-state index in [-0.39, 0.29) is 10.1 Å². The average Bonchev–Trinajstić information content (AvgIpc) is 2.39. The molecule has 0 aliphatic rings. The minimum absolute atomic E-state index is 0.133. The first kappa shape index (κ1) is 14.3. The number of thioether (sulfide) groups is 2. The van der Waals surface area contributed by atoms with Crippen LogP contribution in [0.4, 0.5) is 0 Å². The van der Waals surface area contributed by atoms with Gasteiger partial charge in [0.05, 0.1) is 0 Å². The summed E-state index contributed by atoms with van der Waals surface area (Å²) < 4.78 is 0. The zero-order valence-corrected chi connectivity index (χ0v) is 11.4. The lowest BCUT2D eigenvalue weighted by Gasteiger charge is -1.99. The lowest BCUT2D eigenvalue weighted by atomic mass is 10.8. The van der Waals surface area contributed by atoms with Gasteiger partial charge in [-0.3, -0.25) is 19.6 Å². The second-order valence-corrected chi connectivity index (χ2v) is 5.49. The molecule has 0 atom stereocenters. The Kier molecular flexibility index (Phi) is 4.57. The molecule has 12 heteroatoms. The molecule has 2 heterocycles. The van der Waals surface area contributed by atoms with E-state index in [0.717, 1.165) is 23.5 Å². The second-order valence-electron chi connectivity index (χ2n) is 3.32. The van der Waals surface area contributed by atoms with Crippen LogP contribution in [0.25, 0.3) is 0 Å². The molecule has 0 aliphatic carbocycles. The Balaban J connectivity index is 1.90. The first-order chi connectivity index (χ1) is 9.56. The molecule has 0 fully saturated rings. The summed E-state index contributed by atoms with van der Waals surface area (Å²) in [5.41, 5.74) is -2.47. The van der Waals surface area contributed by atoms with Gasteiger partial charge in [0.15, 0.2) is 10.1 Å². The van der Waals surface area contributed by atoms with E-state index in [9.17, 15) is 19.2 Å². The van der Waals surface area contributed by atoms with Crippen LogP contribution in [0.1, 0.15) is 0 Å². The Bertz CT molecular complexity index is 751. The third-order valence-electron chi connectivity index (χ3n) is 1.92. The maximum Gasteiger partial charge on any atom is 0.342 e. The van der Waals surface area contributed by atoms with Crippen molar-refractivity contribution in [3.8, 4) is 0 Å². The Hall–Kier alpha value is -2.08. The first-order valence-corrected chi connectivity index (χ1v) is 7.17. The SMILES string of the molecule is O=c1[nH]nc(SCCSc2n[nH]c(=O)[nH]c2=O)c(=O)[nH]1. The summed E-state index contributed by atoms with van der Waals surface area (Å²) in [5, 5.41) is 11.7. The van der Waals surface area contributed by atoms with Crippen LogP contribution in [0.2, 0.25) is 0 Å². The summed E-state index contributed by atoms with van der Waals surface area (Å²) in [7, 11) is 0. The highest BCUT2D eigenvalue weighted by Crippen LogP contribution is 2.14. The van der Waals surface area contributed by atoms with Gasteiger partial charge < -0.3 is 0 Å². The molecule has 4 N–H and O–H groups in total. The van der Waals surface area contributed by atoms with Crippen LogP contribution in [-0.4, -0.2) is 41.9 Å². The number of hydrogen-bond donors (Lipinski definition) is 4. The van der Waals surface area contributed by atoms with E-state index in [0.29, 0.717) is 11.5 Å². The summed E-state index contributed by atoms with van der Waals surface area (Å²) in [6.07, 6.45) is 0. The van der Waals surface area contributed by atoms with E-state index in [2.05, 4.69) is 20.4 Å². The fraction of sp³-hybridized carbons (Fsp3) is 0.250. The fourth-order valence-electron chi connectivity index (χ4n) is 1.15. The van der Waals surface area contributed by atoms with Crippen LogP contribution in [0.3, 0.4) is 0 Å². The molecule has 0 spiro atoms. The number of nitrogens with one attached hydrogen (secondary N) is 4. The van der Waals surface area contributed by atoms with Gasteiger partial charge in [0.1, 0.15) is 0 Å². The highest BCUT2D eigenvalue weighted by atomic mass is 32.2. The number of H-pyrrole nitrogens is 4. The number of aromatic nitrogens is 6. The van der Waals surface area contributed by atoms with Crippen molar-refractivity contribution in [2.75, 3.05) is 11.5 Å². The quantitative estimate of drug-likeness (QED) is 0.368. The monoisotopic (exact) mass is 316 g/mol. The molecule has 106 valence electrons. The van der Waals surface area contributed by atoms with Gasteiger partial charge in [0.2, 0.25) is 0 Å². The zero-order chi connectivity index (χ0) is 14.5. The van der Waals surface area contributed by atoms with Crippen LogP contribution in [0.15, 0.2) is 29.2 Å². The molecule has 2 rings (SSSR count). The third-order valence-corrected chi connectivity index (χ3v) is 4.10. The number of hydrogen-bond acceptors (Lipinski definition) is 8. The molecule has 0 bridgehead atoms. The first-order valence-electron chi connectivity index (χ1n) is 5.20. The third kappa shape index (κ3) is 3.71. The van der Waals surface area contributed by atoms with E-state index < -0.39 is 22.5 Å². The lowest BCUT2D eigenvalue weighted by molar-refractivity contribution is 0.806. The molecule has 0 amide bonds. The van der Waals surface area contributed by atoms with Crippen molar-refractivity contribution in [1.82, 2.24) is 30.4 Å². The Morgan fingerprint density at radius 1 is 0.750 bits per heavy atom. The zero-order valence-electron chi connectivity index (χ0n) is 9.76. The van der Waals surface area contributed by atoms with Crippen molar-refractivity contribution in [1.29, 1.82) is 0 Å². The van der Waals surface area contributed by atoms with Crippen molar-refractivity contribution in [3.05, 3.63) is 41.7 Å². The van der Waals surface area contributed by atoms with E-state index in [4.69, 9.17) is 0 Å². The van der Waals surface area contributed by atoms with Gasteiger partial charge in [-0.05, 0) is 0 Å². The van der Waals surface area contributed by atoms with Gasteiger partial charge in [-0.2, -0.15) is 10.2 Å². The van der Waals surface area contributed by atoms with E-state index in [1.165, 1.54) is 0 Å². The molecule has 10 nitrogen and oxygen atoms in total. The molecule has 0 unspecified atom stereocenters. The normalized spacial score (nSPS) is 10.6. The van der Waals surface area contributed by atoms with Gasteiger partial charge in [0.25, 0.3) is 11.1 Å². The van der Waals surface area contributed by atoms with Gasteiger partial charge in [0, 0.05) is 11.5 Å². The van der Waals surface area contributed by atoms with Crippen molar-refractivity contribution in [2.24, 2.45) is 0 Å². The standard InChI is InChI=1S/C8H8N6O4S2/c15-3-5(11-13-7(17)9-3)19-1-2-20-6-4(16)10-8(18)14-12-6/h1-2H2,(H2,9,13,15,17)(H2,10,14,16,18). The van der Waals surface area contributed by atoms with Crippen LogP contribution in [0.5, 0.6) is 0 Å². The van der Waals surface area contributed by atoms with Gasteiger partial charge in [-0.1, -0.05) is 23.5 Å². The Morgan fingerprint density at radius 3 is 1.50 bits per heavy atom. The smallest absolute Gasteiger partial charge is 0.271 e. The lowest BCUT2D eigenvalue weighted by Crippen LogP contribution is -2.25. The molecule has 0 saturated heterocycles. The molecular weight excluding hydrogens is 308 g/mol. The summed E-state index contributed by atoms with van der Waals surface area (Å²) in [6.45, 7) is 0. The summed E-state index contributed by atoms with van der Waals surface area (Å²) >= 11 is 2.25. The van der Waals surface area contributed by atoms with E-state index in [1.54, 1.807) is 0 Å². The molecule has 20 heavy (non-hydrogen) atoms. The number of nitrogens with zero attached hydrogens (tertiary/aromatic N) is 2. The Labute approximate surface area is 117 Å². The van der Waals surface area contributed by atoms with Crippen molar-refractivity contribution in [3.63, 3.8) is 0 Å². The highest BCUT2D eigenvalue weighted by molar-refractivity contribution is 8.02. The van der Waals surface area contributed by atoms with E-state index >= 15 is 0 Å². The predicted molar refractivity (Wildman–Crippen MR) is 72.4 cm³/mol. The maximum absolute atomic E-state index is 11.3. The van der Waals surface area contributed by atoms with Gasteiger partial charge >= 0.3 is 11.4 Å². The average molecular weight is 316 g/mol. The molecule has 0 saturated carbocycles. The number of rotatable bonds is 5. The van der Waals surface area contributed by atoms with Crippen LogP contribution in [0, 0.1) is 0 Å². The second kappa shape index (κ2) is 6.38.